The maximum Gasteiger partial charge on any atom is 0.412 e. The number of benzene rings is 2. The molecule has 2 rings (SSSR count). The summed E-state index contributed by atoms with van der Waals surface area (Å²) in [6, 6.07) is 10.5. The number of hydrogen-bond donors (Lipinski definition) is 2. The molecule has 2 amide bonds. The van der Waals surface area contributed by atoms with E-state index in [9.17, 15) is 9.59 Å². The number of anilines is 2. The average Bonchev–Trinajstić information content (AvgIpc) is 2.57. The lowest BCUT2D eigenvalue weighted by atomic mass is 10.1. The van der Waals surface area contributed by atoms with Crippen LogP contribution in [-0.2, 0) is 4.74 Å². The van der Waals surface area contributed by atoms with E-state index in [1.165, 1.54) is 7.11 Å². The van der Waals surface area contributed by atoms with Gasteiger partial charge in [0.15, 0.2) is 0 Å². The summed E-state index contributed by atoms with van der Waals surface area (Å²) in [6.07, 6.45) is -0.602. The number of ether oxygens (including phenoxy) is 2. The Morgan fingerprint density at radius 3 is 2.19 bits per heavy atom. The van der Waals surface area contributed by atoms with Crippen LogP contribution in [0.2, 0.25) is 0 Å². The van der Waals surface area contributed by atoms with Gasteiger partial charge in [-0.3, -0.25) is 10.1 Å². The Morgan fingerprint density at radius 2 is 1.59 bits per heavy atom. The zero-order valence-corrected chi connectivity index (χ0v) is 16.6. The molecule has 0 heterocycles. The first-order chi connectivity index (χ1) is 12.6. The molecule has 0 fully saturated rings. The predicted octanol–water partition coefficient (Wildman–Crippen LogP) is 4.91. The van der Waals surface area contributed by atoms with Crippen LogP contribution < -0.4 is 15.4 Å². The molecule has 0 aliphatic rings. The van der Waals surface area contributed by atoms with Crippen LogP contribution in [0.15, 0.2) is 36.4 Å². The molecular formula is C21H26N2O4. The van der Waals surface area contributed by atoms with Gasteiger partial charge in [0.05, 0.1) is 18.5 Å². The van der Waals surface area contributed by atoms with Crippen molar-refractivity contribution in [3.63, 3.8) is 0 Å². The van der Waals surface area contributed by atoms with Crippen LogP contribution in [0.3, 0.4) is 0 Å². The summed E-state index contributed by atoms with van der Waals surface area (Å²) in [4.78, 5) is 24.7. The summed E-state index contributed by atoms with van der Waals surface area (Å²) in [5.41, 5.74) is 2.88. The highest BCUT2D eigenvalue weighted by Crippen LogP contribution is 2.28. The van der Waals surface area contributed by atoms with Gasteiger partial charge in [-0.1, -0.05) is 6.07 Å². The molecule has 0 saturated heterocycles. The van der Waals surface area contributed by atoms with Gasteiger partial charge in [0.1, 0.15) is 11.4 Å². The summed E-state index contributed by atoms with van der Waals surface area (Å²) in [5, 5.41) is 5.49. The van der Waals surface area contributed by atoms with Crippen molar-refractivity contribution in [3.05, 3.63) is 53.1 Å². The van der Waals surface area contributed by atoms with E-state index in [0.717, 1.165) is 11.1 Å². The van der Waals surface area contributed by atoms with Crippen LogP contribution >= 0.6 is 0 Å². The topological polar surface area (TPSA) is 76.7 Å². The Balaban J connectivity index is 2.26. The molecule has 0 aliphatic carbocycles. The highest BCUT2D eigenvalue weighted by molar-refractivity contribution is 6.07. The molecule has 6 heteroatoms. The van der Waals surface area contributed by atoms with Gasteiger partial charge in [0, 0.05) is 11.6 Å². The lowest BCUT2D eigenvalue weighted by Gasteiger charge is -2.21. The van der Waals surface area contributed by atoms with Crippen LogP contribution in [-0.4, -0.2) is 24.7 Å². The van der Waals surface area contributed by atoms with E-state index in [4.69, 9.17) is 9.47 Å². The van der Waals surface area contributed by atoms with E-state index in [2.05, 4.69) is 10.6 Å². The first kappa shape index (κ1) is 20.3. The first-order valence-corrected chi connectivity index (χ1v) is 8.65. The third kappa shape index (κ3) is 5.74. The minimum Gasteiger partial charge on any atom is -0.497 e. The van der Waals surface area contributed by atoms with E-state index in [1.807, 2.05) is 26.0 Å². The van der Waals surface area contributed by atoms with Gasteiger partial charge in [-0.15, -0.1) is 0 Å². The fraction of sp³-hybridized carbons (Fsp3) is 0.333. The van der Waals surface area contributed by atoms with Gasteiger partial charge in [-0.05, 0) is 70.0 Å². The molecule has 2 aromatic rings. The molecule has 144 valence electrons. The lowest BCUT2D eigenvalue weighted by Crippen LogP contribution is -2.27. The smallest absolute Gasteiger partial charge is 0.412 e. The van der Waals surface area contributed by atoms with Crippen molar-refractivity contribution in [2.75, 3.05) is 17.7 Å². The second kappa shape index (κ2) is 8.12. The molecule has 0 unspecified atom stereocenters. The highest BCUT2D eigenvalue weighted by atomic mass is 16.6. The monoisotopic (exact) mass is 370 g/mol. The van der Waals surface area contributed by atoms with Gasteiger partial charge in [-0.2, -0.15) is 0 Å². The Labute approximate surface area is 159 Å². The number of amides is 2. The third-order valence-corrected chi connectivity index (χ3v) is 3.88. The van der Waals surface area contributed by atoms with Gasteiger partial charge < -0.3 is 14.8 Å². The molecule has 2 N–H and O–H groups in total. The third-order valence-electron chi connectivity index (χ3n) is 3.88. The zero-order chi connectivity index (χ0) is 20.2. The highest BCUT2D eigenvalue weighted by Gasteiger charge is 2.18. The van der Waals surface area contributed by atoms with Gasteiger partial charge in [0.2, 0.25) is 0 Å². The van der Waals surface area contributed by atoms with E-state index in [-0.39, 0.29) is 5.91 Å². The average molecular weight is 370 g/mol. The number of rotatable bonds is 4. The minimum atomic E-state index is -0.626. The van der Waals surface area contributed by atoms with Crippen molar-refractivity contribution >= 4 is 23.4 Å². The van der Waals surface area contributed by atoms with Crippen molar-refractivity contribution < 1.29 is 19.1 Å². The van der Waals surface area contributed by atoms with E-state index in [1.54, 1.807) is 45.0 Å². The number of hydrogen-bond acceptors (Lipinski definition) is 4. The minimum absolute atomic E-state index is 0.279. The quantitative estimate of drug-likeness (QED) is 0.801. The molecule has 0 aliphatic heterocycles. The summed E-state index contributed by atoms with van der Waals surface area (Å²) in [7, 11) is 1.53. The molecule has 6 nitrogen and oxygen atoms in total. The van der Waals surface area contributed by atoms with Crippen molar-refractivity contribution in [2.24, 2.45) is 0 Å². The van der Waals surface area contributed by atoms with Crippen LogP contribution in [0.5, 0.6) is 5.75 Å². The first-order valence-electron chi connectivity index (χ1n) is 8.65. The molecule has 2 aromatic carbocycles. The molecule has 0 bridgehead atoms. The van der Waals surface area contributed by atoms with Crippen LogP contribution in [0, 0.1) is 13.8 Å². The predicted molar refractivity (Wildman–Crippen MR) is 107 cm³/mol. The molecule has 0 aromatic heterocycles. The summed E-state index contributed by atoms with van der Waals surface area (Å²) in [5.74, 6) is 0.277. The van der Waals surface area contributed by atoms with Crippen LogP contribution in [0.1, 0.15) is 42.3 Å². The number of nitrogens with one attached hydrogen (secondary N) is 2. The number of aryl methyl sites for hydroxylation is 2. The van der Waals surface area contributed by atoms with Gasteiger partial charge in [-0.25, -0.2) is 4.79 Å². The maximum absolute atomic E-state index is 12.6. The molecule has 0 spiro atoms. The van der Waals surface area contributed by atoms with Crippen LogP contribution in [0.4, 0.5) is 16.2 Å². The van der Waals surface area contributed by atoms with E-state index >= 15 is 0 Å². The number of carbonyl (C=O) groups is 2. The largest absolute Gasteiger partial charge is 0.497 e. The normalized spacial score (nSPS) is 10.9. The Bertz CT molecular complexity index is 854. The van der Waals surface area contributed by atoms with Gasteiger partial charge in [0.25, 0.3) is 5.91 Å². The Hall–Kier alpha value is -3.02. The fourth-order valence-corrected chi connectivity index (χ4v) is 2.35. The molecule has 0 radical (unpaired) electrons. The van der Waals surface area contributed by atoms with Crippen molar-refractivity contribution in [1.29, 1.82) is 0 Å². The Kier molecular flexibility index (Phi) is 6.10. The van der Waals surface area contributed by atoms with Gasteiger partial charge >= 0.3 is 6.09 Å². The molecule has 0 saturated carbocycles. The van der Waals surface area contributed by atoms with Crippen molar-refractivity contribution in [1.82, 2.24) is 0 Å². The second-order valence-electron chi connectivity index (χ2n) is 7.29. The van der Waals surface area contributed by atoms with Crippen molar-refractivity contribution in [3.8, 4) is 5.75 Å². The maximum atomic E-state index is 12.6. The van der Waals surface area contributed by atoms with Crippen LogP contribution in [0.25, 0.3) is 0 Å². The second-order valence-corrected chi connectivity index (χ2v) is 7.29. The molecule has 27 heavy (non-hydrogen) atoms. The summed E-state index contributed by atoms with van der Waals surface area (Å²) >= 11 is 0. The zero-order valence-electron chi connectivity index (χ0n) is 16.6. The summed E-state index contributed by atoms with van der Waals surface area (Å²) in [6.45, 7) is 9.28. The molecular weight excluding hydrogens is 344 g/mol. The molecule has 0 atom stereocenters. The van der Waals surface area contributed by atoms with Crippen molar-refractivity contribution in [2.45, 2.75) is 40.2 Å². The summed E-state index contributed by atoms with van der Waals surface area (Å²) < 4.78 is 10.5. The standard InChI is InChI=1S/C21H26N2O4/c1-13-7-8-15(11-14(13)2)19(24)22-18-12-16(26-6)9-10-17(18)23-20(25)27-21(3,4)5/h7-12H,1-6H3,(H,22,24)(H,23,25). The van der Waals surface area contributed by atoms with E-state index < -0.39 is 11.7 Å². The number of carbonyl (C=O) groups excluding carboxylic acids is 2. The lowest BCUT2D eigenvalue weighted by molar-refractivity contribution is 0.0635. The Morgan fingerprint density at radius 1 is 0.889 bits per heavy atom. The van der Waals surface area contributed by atoms with E-state index in [0.29, 0.717) is 22.7 Å². The SMILES string of the molecule is COc1ccc(NC(=O)OC(C)(C)C)c(NC(=O)c2ccc(C)c(C)c2)c1. The number of methoxy groups -OCH3 is 1. The fourth-order valence-electron chi connectivity index (χ4n) is 2.35.